The molecule has 3 heterocycles. The molecule has 0 saturated heterocycles. The van der Waals surface area contributed by atoms with Crippen molar-refractivity contribution in [2.45, 2.75) is 33.9 Å². The first kappa shape index (κ1) is 21.5. The van der Waals surface area contributed by atoms with Crippen LogP contribution in [0.5, 0.6) is 0 Å². The van der Waals surface area contributed by atoms with E-state index < -0.39 is 0 Å². The van der Waals surface area contributed by atoms with Gasteiger partial charge in [0.05, 0.1) is 6.54 Å². The quantitative estimate of drug-likeness (QED) is 0.460. The molecule has 33 heavy (non-hydrogen) atoms. The number of hydrogen-bond acceptors (Lipinski definition) is 4. The van der Waals surface area contributed by atoms with Gasteiger partial charge >= 0.3 is 5.69 Å². The summed E-state index contributed by atoms with van der Waals surface area (Å²) in [5, 5.41) is 0.643. The lowest BCUT2D eigenvalue weighted by molar-refractivity contribution is 0.457. The van der Waals surface area contributed by atoms with E-state index in [0.29, 0.717) is 28.7 Å². The van der Waals surface area contributed by atoms with Crippen molar-refractivity contribution in [3.8, 4) is 0 Å². The monoisotopic (exact) mass is 463 g/mol. The number of benzene rings is 2. The summed E-state index contributed by atoms with van der Waals surface area (Å²) in [4.78, 5) is 33.8. The van der Waals surface area contributed by atoms with E-state index in [1.807, 2.05) is 60.9 Å². The topological polar surface area (TPSA) is 65.1 Å². The van der Waals surface area contributed by atoms with E-state index in [1.165, 1.54) is 9.13 Å². The van der Waals surface area contributed by atoms with Gasteiger partial charge in [0.1, 0.15) is 0 Å². The third kappa shape index (κ3) is 3.47. The molecular weight excluding hydrogens is 438 g/mol. The Balaban J connectivity index is 1.75. The van der Waals surface area contributed by atoms with Crippen LogP contribution in [0.15, 0.2) is 52.1 Å². The summed E-state index contributed by atoms with van der Waals surface area (Å²) in [6.07, 6.45) is 0. The summed E-state index contributed by atoms with van der Waals surface area (Å²) in [6.45, 7) is 7.78. The number of halogens is 1. The van der Waals surface area contributed by atoms with E-state index in [2.05, 4.69) is 11.8 Å². The van der Waals surface area contributed by atoms with Crippen molar-refractivity contribution in [3.63, 3.8) is 0 Å². The minimum Gasteiger partial charge on any atom is -0.311 e. The Morgan fingerprint density at radius 3 is 2.58 bits per heavy atom. The Morgan fingerprint density at radius 1 is 1.06 bits per heavy atom. The molecule has 1 atom stereocenters. The van der Waals surface area contributed by atoms with Crippen LogP contribution in [-0.4, -0.2) is 25.2 Å². The van der Waals surface area contributed by atoms with E-state index >= 15 is 0 Å². The molecule has 2 aromatic heterocycles. The number of nitrogens with zero attached hydrogens (tertiary/aromatic N) is 5. The Hall–Kier alpha value is -3.32. The molecule has 0 saturated carbocycles. The number of anilines is 2. The van der Waals surface area contributed by atoms with Gasteiger partial charge in [-0.05, 0) is 48.6 Å². The van der Waals surface area contributed by atoms with Crippen LogP contribution in [0, 0.1) is 19.8 Å². The summed E-state index contributed by atoms with van der Waals surface area (Å²) in [5.41, 5.74) is 4.18. The Morgan fingerprint density at radius 2 is 1.82 bits per heavy atom. The molecule has 8 heteroatoms. The number of aromatic nitrogens is 4. The highest BCUT2D eigenvalue weighted by molar-refractivity contribution is 6.30. The Bertz CT molecular complexity index is 1510. The van der Waals surface area contributed by atoms with Crippen LogP contribution >= 0.6 is 11.6 Å². The summed E-state index contributed by atoms with van der Waals surface area (Å²) in [6, 6.07) is 13.6. The number of rotatable bonds is 3. The van der Waals surface area contributed by atoms with Gasteiger partial charge < -0.3 is 9.47 Å². The number of hydrogen-bond donors (Lipinski definition) is 0. The average molecular weight is 464 g/mol. The van der Waals surface area contributed by atoms with Crippen LogP contribution in [0.1, 0.15) is 23.6 Å². The smallest absolute Gasteiger partial charge is 0.311 e. The molecule has 5 rings (SSSR count). The van der Waals surface area contributed by atoms with Gasteiger partial charge in [0.25, 0.3) is 5.56 Å². The lowest BCUT2D eigenvalue weighted by atomic mass is 10.1. The van der Waals surface area contributed by atoms with Crippen molar-refractivity contribution in [2.75, 3.05) is 11.4 Å². The van der Waals surface area contributed by atoms with Crippen molar-refractivity contribution in [2.24, 2.45) is 13.0 Å². The molecule has 1 aliphatic heterocycles. The second kappa shape index (κ2) is 7.92. The van der Waals surface area contributed by atoms with Gasteiger partial charge in [-0.15, -0.1) is 0 Å². The number of imidazole rings is 1. The normalized spacial score (nSPS) is 15.8. The molecule has 7 nitrogen and oxygen atoms in total. The van der Waals surface area contributed by atoms with Crippen LogP contribution in [0.2, 0.25) is 5.02 Å². The van der Waals surface area contributed by atoms with E-state index in [0.717, 1.165) is 28.9 Å². The molecular formula is C25H26ClN5O2. The first-order valence-electron chi connectivity index (χ1n) is 11.0. The van der Waals surface area contributed by atoms with Gasteiger partial charge in [-0.1, -0.05) is 48.9 Å². The summed E-state index contributed by atoms with van der Waals surface area (Å²) in [5.74, 6) is 0.934. The zero-order valence-corrected chi connectivity index (χ0v) is 19.9. The largest absolute Gasteiger partial charge is 0.332 e. The van der Waals surface area contributed by atoms with Crippen molar-refractivity contribution in [3.05, 3.63) is 85.0 Å². The van der Waals surface area contributed by atoms with Gasteiger partial charge in [0.15, 0.2) is 11.2 Å². The fourth-order valence-electron chi connectivity index (χ4n) is 4.68. The molecule has 0 bridgehead atoms. The molecule has 0 unspecified atom stereocenters. The summed E-state index contributed by atoms with van der Waals surface area (Å²) >= 11 is 6.31. The van der Waals surface area contributed by atoms with Gasteiger partial charge in [-0.25, -0.2) is 4.79 Å². The highest BCUT2D eigenvalue weighted by atomic mass is 35.5. The molecule has 1 aliphatic rings. The van der Waals surface area contributed by atoms with E-state index in [1.54, 1.807) is 7.05 Å². The van der Waals surface area contributed by atoms with Crippen LogP contribution in [0.25, 0.3) is 11.2 Å². The lowest BCUT2D eigenvalue weighted by Crippen LogP contribution is -2.40. The van der Waals surface area contributed by atoms with Crippen LogP contribution in [0.3, 0.4) is 0 Å². The molecule has 0 amide bonds. The third-order valence-corrected chi connectivity index (χ3v) is 6.73. The highest BCUT2D eigenvalue weighted by Gasteiger charge is 2.30. The van der Waals surface area contributed by atoms with E-state index in [9.17, 15) is 9.59 Å². The van der Waals surface area contributed by atoms with Crippen molar-refractivity contribution < 1.29 is 0 Å². The highest BCUT2D eigenvalue weighted by Crippen LogP contribution is 2.35. The van der Waals surface area contributed by atoms with Crippen molar-refractivity contribution >= 4 is 34.4 Å². The fraction of sp³-hybridized carbons (Fsp3) is 0.320. The molecule has 0 N–H and O–H groups in total. The molecule has 0 fully saturated rings. The Kier molecular flexibility index (Phi) is 5.16. The van der Waals surface area contributed by atoms with Gasteiger partial charge in [0.2, 0.25) is 5.95 Å². The average Bonchev–Trinajstić information content (AvgIpc) is 3.17. The van der Waals surface area contributed by atoms with Crippen LogP contribution in [-0.2, 0) is 20.1 Å². The SMILES string of the molecule is Cc1ccccc1Cn1c(=O)c2c(nc3n2C[C@@H](C)CN3c2cc(Cl)ccc2C)n(C)c1=O. The molecule has 4 aromatic rings. The fourth-order valence-corrected chi connectivity index (χ4v) is 4.84. The molecule has 2 aromatic carbocycles. The molecule has 170 valence electrons. The predicted octanol–water partition coefficient (Wildman–Crippen LogP) is 4.00. The predicted molar refractivity (Wildman–Crippen MR) is 132 cm³/mol. The number of fused-ring (bicyclic) bond motifs is 3. The van der Waals surface area contributed by atoms with Gasteiger partial charge in [0, 0.05) is 30.8 Å². The minimum atomic E-state index is -0.371. The lowest BCUT2D eigenvalue weighted by Gasteiger charge is -2.33. The van der Waals surface area contributed by atoms with Crippen LogP contribution in [0.4, 0.5) is 11.6 Å². The van der Waals surface area contributed by atoms with E-state index in [4.69, 9.17) is 16.6 Å². The third-order valence-electron chi connectivity index (χ3n) is 6.49. The molecule has 0 aliphatic carbocycles. The van der Waals surface area contributed by atoms with Crippen molar-refractivity contribution in [1.82, 2.24) is 18.7 Å². The standard InChI is InChI=1S/C25H26ClN5O2/c1-15-12-29(20-11-19(26)10-9-17(20)3)24-27-22-21(30(24)13-15)23(32)31(25(33)28(22)4)14-18-8-6-5-7-16(18)2/h5-11,15H,12-14H2,1-4H3/t15-/m0/s1. The van der Waals surface area contributed by atoms with Gasteiger partial charge in [-0.3, -0.25) is 13.9 Å². The zero-order valence-electron chi connectivity index (χ0n) is 19.2. The first-order valence-corrected chi connectivity index (χ1v) is 11.4. The van der Waals surface area contributed by atoms with E-state index in [-0.39, 0.29) is 23.7 Å². The maximum Gasteiger partial charge on any atom is 0.332 e. The summed E-state index contributed by atoms with van der Waals surface area (Å²) in [7, 11) is 1.68. The number of aryl methyl sites for hydroxylation is 3. The van der Waals surface area contributed by atoms with Gasteiger partial charge in [-0.2, -0.15) is 4.98 Å². The maximum absolute atomic E-state index is 13.7. The minimum absolute atomic E-state index is 0.224. The second-order valence-corrected chi connectivity index (χ2v) is 9.44. The Labute approximate surface area is 196 Å². The summed E-state index contributed by atoms with van der Waals surface area (Å²) < 4.78 is 4.75. The molecule has 0 spiro atoms. The maximum atomic E-state index is 13.7. The van der Waals surface area contributed by atoms with Crippen molar-refractivity contribution in [1.29, 1.82) is 0 Å². The zero-order chi connectivity index (χ0) is 23.4. The first-order chi connectivity index (χ1) is 15.8. The molecule has 0 radical (unpaired) electrons. The van der Waals surface area contributed by atoms with Crippen LogP contribution < -0.4 is 16.1 Å². The second-order valence-electron chi connectivity index (χ2n) is 9.00.